The van der Waals surface area contributed by atoms with Crippen molar-refractivity contribution in [2.75, 3.05) is 11.9 Å². The molecule has 0 saturated heterocycles. The summed E-state index contributed by atoms with van der Waals surface area (Å²) < 4.78 is 0. The minimum absolute atomic E-state index is 0.00531. The van der Waals surface area contributed by atoms with Crippen molar-refractivity contribution in [1.82, 2.24) is 10.7 Å². The summed E-state index contributed by atoms with van der Waals surface area (Å²) in [5.41, 5.74) is 4.89. The summed E-state index contributed by atoms with van der Waals surface area (Å²) >= 11 is 6.25. The van der Waals surface area contributed by atoms with Gasteiger partial charge in [-0.2, -0.15) is 0 Å². The summed E-state index contributed by atoms with van der Waals surface area (Å²) in [5.74, 6) is 4.61. The van der Waals surface area contributed by atoms with Gasteiger partial charge in [-0.05, 0) is 41.5 Å². The van der Waals surface area contributed by atoms with Crippen molar-refractivity contribution in [3.63, 3.8) is 0 Å². The molecule has 0 radical (unpaired) electrons. The first-order valence-electron chi connectivity index (χ1n) is 9.02. The van der Waals surface area contributed by atoms with Crippen LogP contribution < -0.4 is 21.9 Å². The van der Waals surface area contributed by atoms with Gasteiger partial charge < -0.3 is 5.32 Å². The molecular formula is C22H21ClN4O2. The van der Waals surface area contributed by atoms with Gasteiger partial charge in [0, 0.05) is 16.3 Å². The lowest BCUT2D eigenvalue weighted by atomic mass is 9.96. The molecule has 0 saturated carbocycles. The predicted octanol–water partition coefficient (Wildman–Crippen LogP) is 3.26. The van der Waals surface area contributed by atoms with Gasteiger partial charge in [0.05, 0.1) is 12.6 Å². The van der Waals surface area contributed by atoms with Gasteiger partial charge in [0.25, 0.3) is 5.91 Å². The van der Waals surface area contributed by atoms with Crippen molar-refractivity contribution >= 4 is 29.1 Å². The minimum Gasteiger partial charge on any atom is -0.322 e. The fourth-order valence-corrected chi connectivity index (χ4v) is 3.15. The number of halogens is 1. The molecule has 7 heteroatoms. The molecule has 2 amide bonds. The number of carbonyl (C=O) groups is 2. The lowest BCUT2D eigenvalue weighted by Crippen LogP contribution is -2.39. The summed E-state index contributed by atoms with van der Waals surface area (Å²) in [6, 6.07) is 23.3. The number of rotatable bonds is 7. The van der Waals surface area contributed by atoms with Gasteiger partial charge in [-0.15, -0.1) is 0 Å². The molecule has 29 heavy (non-hydrogen) atoms. The highest BCUT2D eigenvalue weighted by molar-refractivity contribution is 6.30. The van der Waals surface area contributed by atoms with E-state index in [-0.39, 0.29) is 18.4 Å². The fraction of sp³-hybridized carbons (Fsp3) is 0.0909. The van der Waals surface area contributed by atoms with Gasteiger partial charge >= 0.3 is 0 Å². The van der Waals surface area contributed by atoms with Crippen LogP contribution >= 0.6 is 11.6 Å². The van der Waals surface area contributed by atoms with Crippen LogP contribution in [0.25, 0.3) is 0 Å². The topological polar surface area (TPSA) is 96.2 Å². The SMILES string of the molecule is NNC(=O)CN[C@H](c1ccccc1)c1cc(Cl)ccc1NC(=O)c1ccccc1. The van der Waals surface area contributed by atoms with E-state index in [0.717, 1.165) is 11.1 Å². The van der Waals surface area contributed by atoms with E-state index < -0.39 is 6.04 Å². The zero-order chi connectivity index (χ0) is 20.6. The van der Waals surface area contributed by atoms with Crippen LogP contribution in [0, 0.1) is 0 Å². The Hall–Kier alpha value is -3.19. The largest absolute Gasteiger partial charge is 0.322 e. The second-order valence-electron chi connectivity index (χ2n) is 6.34. The normalized spacial score (nSPS) is 11.5. The molecule has 6 nitrogen and oxygen atoms in total. The fourth-order valence-electron chi connectivity index (χ4n) is 2.97. The van der Waals surface area contributed by atoms with Gasteiger partial charge in [-0.1, -0.05) is 60.1 Å². The first kappa shape index (κ1) is 20.5. The summed E-state index contributed by atoms with van der Waals surface area (Å²) in [5, 5.41) is 6.64. The van der Waals surface area contributed by atoms with E-state index in [1.54, 1.807) is 42.5 Å². The van der Waals surface area contributed by atoms with E-state index in [4.69, 9.17) is 17.4 Å². The Kier molecular flexibility index (Phi) is 6.97. The minimum atomic E-state index is -0.390. The van der Waals surface area contributed by atoms with Crippen molar-refractivity contribution in [2.45, 2.75) is 6.04 Å². The standard InChI is InChI=1S/C22H21ClN4O2/c23-17-11-12-19(26-22(29)16-9-5-2-6-10-16)18(13-17)21(25-14-20(28)27-24)15-7-3-1-4-8-15/h1-13,21,25H,14,24H2,(H,26,29)(H,27,28)/t21-/m1/s1. The number of hydrazine groups is 1. The van der Waals surface area contributed by atoms with E-state index in [1.807, 2.05) is 36.4 Å². The molecule has 0 aliphatic carbocycles. The van der Waals surface area contributed by atoms with Crippen LogP contribution in [0.2, 0.25) is 5.02 Å². The zero-order valence-electron chi connectivity index (χ0n) is 15.6. The number of carbonyl (C=O) groups excluding carboxylic acids is 2. The van der Waals surface area contributed by atoms with E-state index in [1.165, 1.54) is 0 Å². The molecule has 0 bridgehead atoms. The van der Waals surface area contributed by atoms with Crippen LogP contribution in [0.3, 0.4) is 0 Å². The first-order valence-corrected chi connectivity index (χ1v) is 9.40. The highest BCUT2D eigenvalue weighted by Crippen LogP contribution is 2.31. The molecule has 5 N–H and O–H groups in total. The number of amides is 2. The Labute approximate surface area is 174 Å². The average Bonchev–Trinajstić information content (AvgIpc) is 2.76. The highest BCUT2D eigenvalue weighted by Gasteiger charge is 2.20. The molecule has 3 rings (SSSR count). The van der Waals surface area contributed by atoms with Gasteiger partial charge in [0.15, 0.2) is 0 Å². The smallest absolute Gasteiger partial charge is 0.255 e. The molecule has 1 atom stereocenters. The Morgan fingerprint density at radius 1 is 0.931 bits per heavy atom. The summed E-state index contributed by atoms with van der Waals surface area (Å²) in [6.07, 6.45) is 0. The molecule has 0 heterocycles. The third kappa shape index (κ3) is 5.42. The van der Waals surface area contributed by atoms with Crippen LogP contribution in [-0.4, -0.2) is 18.4 Å². The van der Waals surface area contributed by atoms with Crippen molar-refractivity contribution in [1.29, 1.82) is 0 Å². The summed E-state index contributed by atoms with van der Waals surface area (Å²) in [6.45, 7) is -0.00531. The molecular weight excluding hydrogens is 388 g/mol. The molecule has 0 aliphatic rings. The van der Waals surface area contributed by atoms with Crippen molar-refractivity contribution < 1.29 is 9.59 Å². The second-order valence-corrected chi connectivity index (χ2v) is 6.78. The molecule has 3 aromatic rings. The quantitative estimate of drug-likeness (QED) is 0.274. The maximum Gasteiger partial charge on any atom is 0.255 e. The molecule has 3 aromatic carbocycles. The average molecular weight is 409 g/mol. The van der Waals surface area contributed by atoms with Crippen LogP contribution in [0.15, 0.2) is 78.9 Å². The third-order valence-electron chi connectivity index (χ3n) is 4.37. The van der Waals surface area contributed by atoms with Gasteiger partial charge in [-0.25, -0.2) is 5.84 Å². The first-order chi connectivity index (χ1) is 14.1. The van der Waals surface area contributed by atoms with Crippen molar-refractivity contribution in [3.8, 4) is 0 Å². The number of nitrogens with one attached hydrogen (secondary N) is 3. The molecule has 0 unspecified atom stereocenters. The van der Waals surface area contributed by atoms with Gasteiger partial charge in [0.1, 0.15) is 0 Å². The van der Waals surface area contributed by atoms with Crippen molar-refractivity contribution in [3.05, 3.63) is 101 Å². The molecule has 0 spiro atoms. The van der Waals surface area contributed by atoms with E-state index >= 15 is 0 Å². The molecule has 0 fully saturated rings. The Morgan fingerprint density at radius 3 is 2.24 bits per heavy atom. The maximum atomic E-state index is 12.7. The summed E-state index contributed by atoms with van der Waals surface area (Å²) in [4.78, 5) is 24.4. The summed E-state index contributed by atoms with van der Waals surface area (Å²) in [7, 11) is 0. The van der Waals surface area contributed by atoms with Crippen LogP contribution in [0.1, 0.15) is 27.5 Å². The van der Waals surface area contributed by atoms with Crippen LogP contribution in [-0.2, 0) is 4.79 Å². The molecule has 0 aliphatic heterocycles. The van der Waals surface area contributed by atoms with Crippen molar-refractivity contribution in [2.24, 2.45) is 5.84 Å². The van der Waals surface area contributed by atoms with E-state index in [0.29, 0.717) is 16.3 Å². The van der Waals surface area contributed by atoms with Gasteiger partial charge in [-0.3, -0.25) is 20.3 Å². The number of hydrogen-bond acceptors (Lipinski definition) is 4. The number of benzene rings is 3. The second kappa shape index (κ2) is 9.84. The molecule has 148 valence electrons. The highest BCUT2D eigenvalue weighted by atomic mass is 35.5. The van der Waals surface area contributed by atoms with Crippen LogP contribution in [0.5, 0.6) is 0 Å². The third-order valence-corrected chi connectivity index (χ3v) is 4.60. The lowest BCUT2D eigenvalue weighted by Gasteiger charge is -2.23. The Bertz CT molecular complexity index is 981. The monoisotopic (exact) mass is 408 g/mol. The van der Waals surface area contributed by atoms with E-state index in [9.17, 15) is 9.59 Å². The Balaban J connectivity index is 1.97. The van der Waals surface area contributed by atoms with E-state index in [2.05, 4.69) is 16.1 Å². The number of hydrogen-bond donors (Lipinski definition) is 4. The lowest BCUT2D eigenvalue weighted by molar-refractivity contribution is -0.120. The number of nitrogens with two attached hydrogens (primary N) is 1. The predicted molar refractivity (Wildman–Crippen MR) is 114 cm³/mol. The maximum absolute atomic E-state index is 12.7. The number of anilines is 1. The van der Waals surface area contributed by atoms with Crippen LogP contribution in [0.4, 0.5) is 5.69 Å². The Morgan fingerprint density at radius 2 is 1.59 bits per heavy atom. The zero-order valence-corrected chi connectivity index (χ0v) is 16.3. The molecule has 0 aromatic heterocycles. The van der Waals surface area contributed by atoms with Gasteiger partial charge in [0.2, 0.25) is 5.91 Å².